The summed E-state index contributed by atoms with van der Waals surface area (Å²) in [5, 5.41) is 14.0. The van der Waals surface area contributed by atoms with E-state index in [2.05, 4.69) is 27.1 Å². The van der Waals surface area contributed by atoms with Crippen molar-refractivity contribution in [2.75, 3.05) is 13.1 Å². The van der Waals surface area contributed by atoms with Crippen LogP contribution >= 0.6 is 0 Å². The van der Waals surface area contributed by atoms with Crippen molar-refractivity contribution in [1.29, 1.82) is 0 Å². The first kappa shape index (κ1) is 16.7. The molecule has 1 fully saturated rings. The summed E-state index contributed by atoms with van der Waals surface area (Å²) in [4.78, 5) is 18.0. The molecule has 2 aromatic heterocycles. The van der Waals surface area contributed by atoms with E-state index in [9.17, 15) is 9.90 Å². The average molecular weight is 351 g/mol. The highest BCUT2D eigenvalue weighted by atomic mass is 16.3. The van der Waals surface area contributed by atoms with Crippen molar-refractivity contribution in [1.82, 2.24) is 19.5 Å². The fourth-order valence-corrected chi connectivity index (χ4v) is 3.53. The number of rotatable bonds is 4. The number of pyridine rings is 1. The SMILES string of the molecule is NC(=O)c1ccc(-c2ccc(CN3CCCC(O)C3)cc2)n2ncnc12. The predicted molar refractivity (Wildman–Crippen MR) is 97.5 cm³/mol. The number of hydrogen-bond donors (Lipinski definition) is 2. The number of primary amides is 1. The Kier molecular flexibility index (Phi) is 4.40. The first-order valence-corrected chi connectivity index (χ1v) is 8.74. The van der Waals surface area contributed by atoms with Crippen LogP contribution in [0.25, 0.3) is 16.9 Å². The van der Waals surface area contributed by atoms with E-state index in [-0.39, 0.29) is 6.10 Å². The molecule has 3 N–H and O–H groups in total. The number of aliphatic hydroxyl groups excluding tert-OH is 1. The molecule has 134 valence electrons. The number of nitrogens with zero attached hydrogens (tertiary/aromatic N) is 4. The predicted octanol–water partition coefficient (Wildman–Crippen LogP) is 1.45. The van der Waals surface area contributed by atoms with E-state index in [1.54, 1.807) is 10.6 Å². The number of amides is 1. The van der Waals surface area contributed by atoms with Gasteiger partial charge in [0.2, 0.25) is 0 Å². The highest BCUT2D eigenvalue weighted by molar-refractivity contribution is 5.99. The molecule has 7 nitrogen and oxygen atoms in total. The largest absolute Gasteiger partial charge is 0.392 e. The highest BCUT2D eigenvalue weighted by Gasteiger charge is 2.18. The Morgan fingerprint density at radius 1 is 1.23 bits per heavy atom. The molecule has 7 heteroatoms. The van der Waals surface area contributed by atoms with Crippen LogP contribution < -0.4 is 5.73 Å². The summed E-state index contributed by atoms with van der Waals surface area (Å²) >= 11 is 0. The molecule has 0 saturated carbocycles. The van der Waals surface area contributed by atoms with E-state index in [1.807, 2.05) is 18.2 Å². The van der Waals surface area contributed by atoms with Crippen LogP contribution in [0.3, 0.4) is 0 Å². The maximum Gasteiger partial charge on any atom is 0.252 e. The van der Waals surface area contributed by atoms with Gasteiger partial charge in [-0.15, -0.1) is 0 Å². The third kappa shape index (κ3) is 3.18. The molecule has 26 heavy (non-hydrogen) atoms. The molecule has 0 spiro atoms. The van der Waals surface area contributed by atoms with Crippen molar-refractivity contribution in [3.05, 3.63) is 53.9 Å². The van der Waals surface area contributed by atoms with Crippen molar-refractivity contribution in [2.45, 2.75) is 25.5 Å². The van der Waals surface area contributed by atoms with Crippen LogP contribution in [0.5, 0.6) is 0 Å². The molecule has 0 radical (unpaired) electrons. The summed E-state index contributed by atoms with van der Waals surface area (Å²) < 4.78 is 1.64. The van der Waals surface area contributed by atoms with Crippen molar-refractivity contribution < 1.29 is 9.90 Å². The van der Waals surface area contributed by atoms with Crippen LogP contribution in [0.15, 0.2) is 42.7 Å². The Morgan fingerprint density at radius 3 is 2.77 bits per heavy atom. The molecule has 4 rings (SSSR count). The van der Waals surface area contributed by atoms with Gasteiger partial charge >= 0.3 is 0 Å². The van der Waals surface area contributed by atoms with E-state index in [0.717, 1.165) is 43.7 Å². The van der Waals surface area contributed by atoms with Gasteiger partial charge in [-0.2, -0.15) is 5.10 Å². The van der Waals surface area contributed by atoms with Crippen molar-refractivity contribution in [2.24, 2.45) is 5.73 Å². The maximum atomic E-state index is 11.5. The molecular weight excluding hydrogens is 330 g/mol. The van der Waals surface area contributed by atoms with Crippen LogP contribution in [0, 0.1) is 0 Å². The number of likely N-dealkylation sites (tertiary alicyclic amines) is 1. The number of piperidine rings is 1. The molecule has 0 aliphatic carbocycles. The Balaban J connectivity index is 1.59. The number of β-amino-alcohol motifs (C(OH)–C–C–N with tert-alkyl or cyclic N) is 1. The normalized spacial score (nSPS) is 18.3. The van der Waals surface area contributed by atoms with E-state index in [4.69, 9.17) is 5.73 Å². The van der Waals surface area contributed by atoms with Gasteiger partial charge in [-0.3, -0.25) is 9.69 Å². The monoisotopic (exact) mass is 351 g/mol. The third-order valence-electron chi connectivity index (χ3n) is 4.83. The Bertz CT molecular complexity index is 935. The molecule has 0 bridgehead atoms. The summed E-state index contributed by atoms with van der Waals surface area (Å²) in [5.74, 6) is -0.520. The molecule has 1 amide bonds. The van der Waals surface area contributed by atoms with Gasteiger partial charge in [-0.05, 0) is 37.1 Å². The molecule has 1 atom stereocenters. The second-order valence-electron chi connectivity index (χ2n) is 6.72. The van der Waals surface area contributed by atoms with Gasteiger partial charge in [0.25, 0.3) is 5.91 Å². The summed E-state index contributed by atoms with van der Waals surface area (Å²) in [7, 11) is 0. The summed E-state index contributed by atoms with van der Waals surface area (Å²) in [5.41, 5.74) is 9.25. The molecule has 1 saturated heterocycles. The Morgan fingerprint density at radius 2 is 2.04 bits per heavy atom. The van der Waals surface area contributed by atoms with Crippen LogP contribution in [0.2, 0.25) is 0 Å². The second-order valence-corrected chi connectivity index (χ2v) is 6.72. The fourth-order valence-electron chi connectivity index (χ4n) is 3.53. The third-order valence-corrected chi connectivity index (χ3v) is 4.83. The van der Waals surface area contributed by atoms with Gasteiger partial charge in [-0.1, -0.05) is 24.3 Å². The van der Waals surface area contributed by atoms with Gasteiger partial charge < -0.3 is 10.8 Å². The lowest BCUT2D eigenvalue weighted by atomic mass is 10.0. The number of fused-ring (bicyclic) bond motifs is 1. The van der Waals surface area contributed by atoms with Gasteiger partial charge in [0.15, 0.2) is 5.65 Å². The maximum absolute atomic E-state index is 11.5. The average Bonchev–Trinajstić information content (AvgIpc) is 3.11. The smallest absolute Gasteiger partial charge is 0.252 e. The molecule has 1 aliphatic rings. The summed E-state index contributed by atoms with van der Waals surface area (Å²) in [6, 6.07) is 11.8. The summed E-state index contributed by atoms with van der Waals surface area (Å²) in [6.07, 6.45) is 3.13. The fraction of sp³-hybridized carbons (Fsp3) is 0.316. The summed E-state index contributed by atoms with van der Waals surface area (Å²) in [6.45, 7) is 2.58. The minimum Gasteiger partial charge on any atom is -0.392 e. The molecule has 1 aliphatic heterocycles. The zero-order valence-electron chi connectivity index (χ0n) is 14.4. The zero-order chi connectivity index (χ0) is 18.1. The Hall–Kier alpha value is -2.77. The number of carbonyl (C=O) groups is 1. The van der Waals surface area contributed by atoms with Crippen molar-refractivity contribution in [3.8, 4) is 11.3 Å². The zero-order valence-corrected chi connectivity index (χ0v) is 14.4. The van der Waals surface area contributed by atoms with E-state index in [1.165, 1.54) is 11.9 Å². The second kappa shape index (κ2) is 6.86. The number of benzene rings is 1. The van der Waals surface area contributed by atoms with E-state index >= 15 is 0 Å². The van der Waals surface area contributed by atoms with Gasteiger partial charge in [0.05, 0.1) is 17.4 Å². The van der Waals surface area contributed by atoms with Gasteiger partial charge in [-0.25, -0.2) is 9.50 Å². The van der Waals surface area contributed by atoms with Crippen LogP contribution in [-0.4, -0.2) is 49.7 Å². The first-order valence-electron chi connectivity index (χ1n) is 8.74. The minimum absolute atomic E-state index is 0.215. The molecule has 1 aromatic carbocycles. The standard InChI is InChI=1S/C19H21N5O2/c20-18(26)16-7-8-17(24-19(16)21-12-22-24)14-5-3-13(4-6-14)10-23-9-1-2-15(25)11-23/h3-8,12,15,25H,1-2,9-11H2,(H2,20,26). The van der Waals surface area contributed by atoms with Crippen LogP contribution in [0.4, 0.5) is 0 Å². The topological polar surface area (TPSA) is 96.8 Å². The van der Waals surface area contributed by atoms with Gasteiger partial charge in [0.1, 0.15) is 6.33 Å². The first-order chi connectivity index (χ1) is 12.6. The van der Waals surface area contributed by atoms with E-state index in [0.29, 0.717) is 11.2 Å². The van der Waals surface area contributed by atoms with Gasteiger partial charge in [0, 0.05) is 18.7 Å². The highest BCUT2D eigenvalue weighted by Crippen LogP contribution is 2.23. The lowest BCUT2D eigenvalue weighted by Gasteiger charge is -2.29. The molecular formula is C19H21N5O2. The molecule has 3 aromatic rings. The van der Waals surface area contributed by atoms with Crippen molar-refractivity contribution >= 4 is 11.6 Å². The number of carbonyl (C=O) groups excluding carboxylic acids is 1. The number of aromatic nitrogens is 3. The lowest BCUT2D eigenvalue weighted by Crippen LogP contribution is -2.37. The Labute approximate surface area is 151 Å². The molecule has 1 unspecified atom stereocenters. The number of hydrogen-bond acceptors (Lipinski definition) is 5. The molecule has 3 heterocycles. The van der Waals surface area contributed by atoms with Crippen LogP contribution in [-0.2, 0) is 6.54 Å². The number of aliphatic hydroxyl groups is 1. The number of nitrogens with two attached hydrogens (primary N) is 1. The van der Waals surface area contributed by atoms with Crippen molar-refractivity contribution in [3.63, 3.8) is 0 Å². The lowest BCUT2D eigenvalue weighted by molar-refractivity contribution is 0.0668. The minimum atomic E-state index is -0.520. The quantitative estimate of drug-likeness (QED) is 0.742. The van der Waals surface area contributed by atoms with E-state index < -0.39 is 5.91 Å². The van der Waals surface area contributed by atoms with Crippen LogP contribution in [0.1, 0.15) is 28.8 Å².